The first-order valence-electron chi connectivity index (χ1n) is 9.38. The summed E-state index contributed by atoms with van der Waals surface area (Å²) in [5.74, 6) is 0.668. The molecular formula is C21H27N3O3. The average molecular weight is 369 g/mol. The summed E-state index contributed by atoms with van der Waals surface area (Å²) >= 11 is 0. The molecule has 0 atom stereocenters. The SMILES string of the molecule is NCC(=O)Nc1cccc(-c2ccc(OCCCN3CCOCC3)cc2)c1. The van der Waals surface area contributed by atoms with E-state index in [-0.39, 0.29) is 12.5 Å². The van der Waals surface area contributed by atoms with Gasteiger partial charge in [0, 0.05) is 25.3 Å². The second-order valence-electron chi connectivity index (χ2n) is 6.51. The number of hydrogen-bond acceptors (Lipinski definition) is 5. The van der Waals surface area contributed by atoms with Gasteiger partial charge in [-0.05, 0) is 41.8 Å². The van der Waals surface area contributed by atoms with E-state index >= 15 is 0 Å². The van der Waals surface area contributed by atoms with Crippen molar-refractivity contribution in [2.45, 2.75) is 6.42 Å². The highest BCUT2D eigenvalue weighted by atomic mass is 16.5. The third kappa shape index (κ3) is 6.06. The van der Waals surface area contributed by atoms with Gasteiger partial charge in [-0.15, -0.1) is 0 Å². The predicted molar refractivity (Wildman–Crippen MR) is 107 cm³/mol. The number of benzene rings is 2. The molecule has 144 valence electrons. The van der Waals surface area contributed by atoms with Crippen LogP contribution in [0.5, 0.6) is 5.75 Å². The highest BCUT2D eigenvalue weighted by Gasteiger charge is 2.09. The van der Waals surface area contributed by atoms with E-state index in [1.54, 1.807) is 0 Å². The fourth-order valence-electron chi connectivity index (χ4n) is 3.04. The Bertz CT molecular complexity index is 728. The lowest BCUT2D eigenvalue weighted by Gasteiger charge is -2.26. The molecule has 1 fully saturated rings. The van der Waals surface area contributed by atoms with E-state index in [1.165, 1.54) is 0 Å². The molecule has 1 aliphatic rings. The number of amides is 1. The fourth-order valence-corrected chi connectivity index (χ4v) is 3.04. The van der Waals surface area contributed by atoms with Crippen molar-refractivity contribution < 1.29 is 14.3 Å². The Morgan fingerprint density at radius 3 is 2.63 bits per heavy atom. The summed E-state index contributed by atoms with van der Waals surface area (Å²) in [6.45, 7) is 5.42. The largest absolute Gasteiger partial charge is 0.494 e. The number of nitrogens with two attached hydrogens (primary N) is 1. The van der Waals surface area contributed by atoms with Crippen LogP contribution in [0, 0.1) is 0 Å². The topological polar surface area (TPSA) is 76.8 Å². The summed E-state index contributed by atoms with van der Waals surface area (Å²) in [5.41, 5.74) is 8.19. The fraction of sp³-hybridized carbons (Fsp3) is 0.381. The van der Waals surface area contributed by atoms with Gasteiger partial charge in [0.1, 0.15) is 5.75 Å². The molecule has 0 spiro atoms. The van der Waals surface area contributed by atoms with E-state index in [9.17, 15) is 4.79 Å². The van der Waals surface area contributed by atoms with Gasteiger partial charge in [0.15, 0.2) is 0 Å². The van der Waals surface area contributed by atoms with Crippen LogP contribution in [0.2, 0.25) is 0 Å². The second-order valence-corrected chi connectivity index (χ2v) is 6.51. The van der Waals surface area contributed by atoms with Gasteiger partial charge < -0.3 is 20.5 Å². The molecular weight excluding hydrogens is 342 g/mol. The smallest absolute Gasteiger partial charge is 0.238 e. The maximum Gasteiger partial charge on any atom is 0.238 e. The molecule has 1 saturated heterocycles. The van der Waals surface area contributed by atoms with Crippen molar-refractivity contribution in [3.05, 3.63) is 48.5 Å². The van der Waals surface area contributed by atoms with E-state index in [0.717, 1.165) is 61.8 Å². The number of morpholine rings is 1. The molecule has 0 aromatic heterocycles. The highest BCUT2D eigenvalue weighted by molar-refractivity contribution is 5.92. The second kappa shape index (κ2) is 10.1. The summed E-state index contributed by atoms with van der Waals surface area (Å²) in [7, 11) is 0. The van der Waals surface area contributed by atoms with Gasteiger partial charge in [-0.3, -0.25) is 9.69 Å². The average Bonchev–Trinajstić information content (AvgIpc) is 2.72. The molecule has 1 amide bonds. The zero-order valence-electron chi connectivity index (χ0n) is 15.5. The molecule has 3 N–H and O–H groups in total. The van der Waals surface area contributed by atoms with E-state index in [0.29, 0.717) is 6.61 Å². The lowest BCUT2D eigenvalue weighted by molar-refractivity contribution is -0.114. The number of rotatable bonds is 8. The molecule has 1 aliphatic heterocycles. The van der Waals surface area contributed by atoms with E-state index in [4.69, 9.17) is 15.2 Å². The van der Waals surface area contributed by atoms with Crippen molar-refractivity contribution >= 4 is 11.6 Å². The molecule has 27 heavy (non-hydrogen) atoms. The minimum absolute atomic E-state index is 0.0260. The van der Waals surface area contributed by atoms with E-state index in [1.807, 2.05) is 48.5 Å². The molecule has 1 heterocycles. The van der Waals surface area contributed by atoms with Crippen LogP contribution >= 0.6 is 0 Å². The monoisotopic (exact) mass is 369 g/mol. The van der Waals surface area contributed by atoms with Crippen LogP contribution < -0.4 is 15.8 Å². The standard InChI is InChI=1S/C21H27N3O3/c22-16-21(25)23-19-4-1-3-18(15-19)17-5-7-20(8-6-17)27-12-2-9-24-10-13-26-14-11-24/h1,3-8,15H,2,9-14,16,22H2,(H,23,25). The molecule has 0 aliphatic carbocycles. The van der Waals surface area contributed by atoms with Crippen LogP contribution in [-0.4, -0.2) is 56.8 Å². The first-order chi connectivity index (χ1) is 13.2. The summed E-state index contributed by atoms with van der Waals surface area (Å²) in [6, 6.07) is 15.7. The third-order valence-electron chi connectivity index (χ3n) is 4.51. The van der Waals surface area contributed by atoms with Gasteiger partial charge in [-0.25, -0.2) is 0 Å². The van der Waals surface area contributed by atoms with Crippen molar-refractivity contribution in [2.75, 3.05) is 51.3 Å². The third-order valence-corrected chi connectivity index (χ3v) is 4.51. The lowest BCUT2D eigenvalue weighted by atomic mass is 10.0. The summed E-state index contributed by atoms with van der Waals surface area (Å²) in [6.07, 6.45) is 1.00. The normalized spacial score (nSPS) is 14.7. The quantitative estimate of drug-likeness (QED) is 0.699. The molecule has 6 nitrogen and oxygen atoms in total. The maximum absolute atomic E-state index is 11.4. The summed E-state index contributed by atoms with van der Waals surface area (Å²) in [4.78, 5) is 13.8. The Hall–Kier alpha value is -2.41. The Morgan fingerprint density at radius 1 is 1.11 bits per heavy atom. The van der Waals surface area contributed by atoms with E-state index in [2.05, 4.69) is 10.2 Å². The molecule has 0 unspecified atom stereocenters. The van der Waals surface area contributed by atoms with Crippen molar-refractivity contribution in [1.82, 2.24) is 4.90 Å². The van der Waals surface area contributed by atoms with Gasteiger partial charge >= 0.3 is 0 Å². The molecule has 0 saturated carbocycles. The van der Waals surface area contributed by atoms with Crippen molar-refractivity contribution in [1.29, 1.82) is 0 Å². The predicted octanol–water partition coefficient (Wildman–Crippen LogP) is 2.35. The molecule has 2 aromatic rings. The van der Waals surface area contributed by atoms with Gasteiger partial charge in [0.2, 0.25) is 5.91 Å². The minimum Gasteiger partial charge on any atom is -0.494 e. The number of hydrogen-bond donors (Lipinski definition) is 2. The Morgan fingerprint density at radius 2 is 1.89 bits per heavy atom. The van der Waals surface area contributed by atoms with Crippen LogP contribution in [0.15, 0.2) is 48.5 Å². The highest BCUT2D eigenvalue weighted by Crippen LogP contribution is 2.25. The van der Waals surface area contributed by atoms with Crippen LogP contribution in [-0.2, 0) is 9.53 Å². The van der Waals surface area contributed by atoms with Crippen molar-refractivity contribution in [3.63, 3.8) is 0 Å². The van der Waals surface area contributed by atoms with Gasteiger partial charge in [-0.1, -0.05) is 24.3 Å². The molecule has 6 heteroatoms. The first kappa shape index (κ1) is 19.4. The zero-order chi connectivity index (χ0) is 18.9. The van der Waals surface area contributed by atoms with E-state index < -0.39 is 0 Å². The number of carbonyl (C=O) groups is 1. The Kier molecular flexibility index (Phi) is 7.21. The number of anilines is 1. The first-order valence-corrected chi connectivity index (χ1v) is 9.38. The number of ether oxygens (including phenoxy) is 2. The number of nitrogens with one attached hydrogen (secondary N) is 1. The summed E-state index contributed by atoms with van der Waals surface area (Å²) < 4.78 is 11.2. The molecule has 0 radical (unpaired) electrons. The zero-order valence-corrected chi connectivity index (χ0v) is 15.5. The molecule has 0 bridgehead atoms. The van der Waals surface area contributed by atoms with Gasteiger partial charge in [0.25, 0.3) is 0 Å². The van der Waals surface area contributed by atoms with Crippen molar-refractivity contribution in [2.24, 2.45) is 5.73 Å². The van der Waals surface area contributed by atoms with Gasteiger partial charge in [0.05, 0.1) is 26.4 Å². The van der Waals surface area contributed by atoms with Crippen LogP contribution in [0.3, 0.4) is 0 Å². The maximum atomic E-state index is 11.4. The Labute approximate surface area is 160 Å². The lowest BCUT2D eigenvalue weighted by Crippen LogP contribution is -2.37. The van der Waals surface area contributed by atoms with Crippen LogP contribution in [0.1, 0.15) is 6.42 Å². The number of carbonyl (C=O) groups excluding carboxylic acids is 1. The molecule has 2 aromatic carbocycles. The number of nitrogens with zero attached hydrogens (tertiary/aromatic N) is 1. The molecule has 3 rings (SSSR count). The van der Waals surface area contributed by atoms with Gasteiger partial charge in [-0.2, -0.15) is 0 Å². The summed E-state index contributed by atoms with van der Waals surface area (Å²) in [5, 5.41) is 2.77. The van der Waals surface area contributed by atoms with Crippen molar-refractivity contribution in [3.8, 4) is 16.9 Å². The Balaban J connectivity index is 1.49. The van der Waals surface area contributed by atoms with Crippen LogP contribution in [0.4, 0.5) is 5.69 Å². The van der Waals surface area contributed by atoms with Crippen LogP contribution in [0.25, 0.3) is 11.1 Å². The minimum atomic E-state index is -0.201.